The number of nitrogens with one attached hydrogen (secondary N) is 3. The standard InChI is InChI=1S/C13H20N4O3S/c1-15-21(19,20)12-8-9(14)2-5-11(12)16-7-6-13(18)17-10-3-4-10/h2,5,8,10,15-16H,3-4,6-7,14H2,1H3,(H,17,18). The lowest BCUT2D eigenvalue weighted by Gasteiger charge is -2.13. The van der Waals surface area contributed by atoms with Gasteiger partial charge in [0.25, 0.3) is 0 Å². The molecule has 0 heterocycles. The minimum atomic E-state index is -3.60. The minimum Gasteiger partial charge on any atom is -0.399 e. The van der Waals surface area contributed by atoms with Crippen LogP contribution in [-0.4, -0.2) is 34.0 Å². The number of rotatable bonds is 7. The smallest absolute Gasteiger partial charge is 0.242 e. The van der Waals surface area contributed by atoms with Crippen LogP contribution in [0.2, 0.25) is 0 Å². The quantitative estimate of drug-likeness (QED) is 0.539. The van der Waals surface area contributed by atoms with Gasteiger partial charge in [0.2, 0.25) is 15.9 Å². The molecule has 0 radical (unpaired) electrons. The van der Waals surface area contributed by atoms with Crippen molar-refractivity contribution in [2.75, 3.05) is 24.6 Å². The first kappa shape index (κ1) is 15.6. The van der Waals surface area contributed by atoms with Crippen molar-refractivity contribution < 1.29 is 13.2 Å². The Labute approximate surface area is 124 Å². The van der Waals surface area contributed by atoms with Crippen LogP contribution >= 0.6 is 0 Å². The second kappa shape index (κ2) is 6.31. The van der Waals surface area contributed by atoms with E-state index in [-0.39, 0.29) is 10.8 Å². The van der Waals surface area contributed by atoms with Crippen LogP contribution in [0.3, 0.4) is 0 Å². The maximum Gasteiger partial charge on any atom is 0.242 e. The zero-order valence-electron chi connectivity index (χ0n) is 11.8. The third-order valence-corrected chi connectivity index (χ3v) is 4.63. The van der Waals surface area contributed by atoms with Crippen molar-refractivity contribution >= 4 is 27.3 Å². The number of carbonyl (C=O) groups is 1. The first-order chi connectivity index (χ1) is 9.92. The SMILES string of the molecule is CNS(=O)(=O)c1cc(N)ccc1NCCC(=O)NC1CC1. The predicted molar refractivity (Wildman–Crippen MR) is 81.4 cm³/mol. The van der Waals surface area contributed by atoms with E-state index in [1.54, 1.807) is 12.1 Å². The molecule has 0 atom stereocenters. The van der Waals surface area contributed by atoms with E-state index in [1.165, 1.54) is 13.1 Å². The van der Waals surface area contributed by atoms with Crippen molar-refractivity contribution in [3.05, 3.63) is 18.2 Å². The highest BCUT2D eigenvalue weighted by atomic mass is 32.2. The Morgan fingerprint density at radius 3 is 2.71 bits per heavy atom. The molecule has 2 rings (SSSR count). The van der Waals surface area contributed by atoms with Gasteiger partial charge in [0.1, 0.15) is 4.90 Å². The van der Waals surface area contributed by atoms with Gasteiger partial charge < -0.3 is 16.4 Å². The molecule has 8 heteroatoms. The van der Waals surface area contributed by atoms with Crippen LogP contribution in [0.1, 0.15) is 19.3 Å². The van der Waals surface area contributed by atoms with Crippen molar-refractivity contribution in [1.29, 1.82) is 0 Å². The zero-order chi connectivity index (χ0) is 15.5. The average molecular weight is 312 g/mol. The van der Waals surface area contributed by atoms with E-state index in [1.807, 2.05) is 0 Å². The highest BCUT2D eigenvalue weighted by Crippen LogP contribution is 2.23. The van der Waals surface area contributed by atoms with Crippen LogP contribution in [-0.2, 0) is 14.8 Å². The third-order valence-electron chi connectivity index (χ3n) is 3.17. The summed E-state index contributed by atoms with van der Waals surface area (Å²) in [6.07, 6.45) is 2.38. The second-order valence-corrected chi connectivity index (χ2v) is 6.84. The van der Waals surface area contributed by atoms with E-state index < -0.39 is 10.0 Å². The van der Waals surface area contributed by atoms with Gasteiger partial charge in [-0.1, -0.05) is 0 Å². The minimum absolute atomic E-state index is 0.0292. The molecule has 1 aliphatic rings. The van der Waals surface area contributed by atoms with Crippen molar-refractivity contribution in [2.45, 2.75) is 30.2 Å². The molecule has 0 spiro atoms. The lowest BCUT2D eigenvalue weighted by atomic mass is 10.2. The first-order valence-corrected chi connectivity index (χ1v) is 8.27. The third kappa shape index (κ3) is 4.33. The number of carbonyl (C=O) groups excluding carboxylic acids is 1. The van der Waals surface area contributed by atoms with Crippen LogP contribution in [0.15, 0.2) is 23.1 Å². The predicted octanol–water partition coefficient (Wildman–Crippen LogP) is 0.258. The Morgan fingerprint density at radius 1 is 1.38 bits per heavy atom. The molecule has 0 saturated heterocycles. The van der Waals surface area contributed by atoms with E-state index in [0.29, 0.717) is 30.4 Å². The number of nitrogen functional groups attached to an aromatic ring is 1. The number of nitrogens with two attached hydrogens (primary N) is 1. The van der Waals surface area contributed by atoms with Crippen LogP contribution in [0.5, 0.6) is 0 Å². The van der Waals surface area contributed by atoms with Crippen molar-refractivity contribution in [1.82, 2.24) is 10.0 Å². The largest absolute Gasteiger partial charge is 0.399 e. The van der Waals surface area contributed by atoms with E-state index in [9.17, 15) is 13.2 Å². The molecule has 7 nitrogen and oxygen atoms in total. The molecule has 5 N–H and O–H groups in total. The Balaban J connectivity index is 2.00. The highest BCUT2D eigenvalue weighted by molar-refractivity contribution is 7.89. The van der Waals surface area contributed by atoms with Gasteiger partial charge >= 0.3 is 0 Å². The van der Waals surface area contributed by atoms with Gasteiger partial charge in [-0.2, -0.15) is 0 Å². The average Bonchev–Trinajstić information content (AvgIpc) is 3.24. The molecular formula is C13H20N4O3S. The number of hydrogen-bond acceptors (Lipinski definition) is 5. The highest BCUT2D eigenvalue weighted by Gasteiger charge is 2.23. The molecule has 1 aliphatic carbocycles. The van der Waals surface area contributed by atoms with Gasteiger partial charge in [0.15, 0.2) is 0 Å². The zero-order valence-corrected chi connectivity index (χ0v) is 12.7. The van der Waals surface area contributed by atoms with Crippen LogP contribution in [0.4, 0.5) is 11.4 Å². The normalized spacial score (nSPS) is 14.7. The molecule has 116 valence electrons. The molecular weight excluding hydrogens is 292 g/mol. The number of benzene rings is 1. The fraction of sp³-hybridized carbons (Fsp3) is 0.462. The summed E-state index contributed by atoms with van der Waals surface area (Å²) in [6, 6.07) is 4.92. The summed E-state index contributed by atoms with van der Waals surface area (Å²) in [5.41, 5.74) is 6.42. The van der Waals surface area contributed by atoms with Gasteiger partial charge in [-0.05, 0) is 38.1 Å². The number of hydrogen-bond donors (Lipinski definition) is 4. The Morgan fingerprint density at radius 2 is 2.10 bits per heavy atom. The fourth-order valence-electron chi connectivity index (χ4n) is 1.86. The van der Waals surface area contributed by atoms with Crippen LogP contribution in [0, 0.1) is 0 Å². The summed E-state index contributed by atoms with van der Waals surface area (Å²) < 4.78 is 26.1. The topological polar surface area (TPSA) is 113 Å². The Bertz CT molecular complexity index is 626. The Kier molecular flexibility index (Phi) is 4.69. The first-order valence-electron chi connectivity index (χ1n) is 6.78. The lowest BCUT2D eigenvalue weighted by Crippen LogP contribution is -2.27. The maximum absolute atomic E-state index is 11.9. The molecule has 0 bridgehead atoms. The molecule has 0 aromatic heterocycles. The number of anilines is 2. The van der Waals surface area contributed by atoms with Gasteiger partial charge in [0, 0.05) is 24.7 Å². The van der Waals surface area contributed by atoms with Crippen molar-refractivity contribution in [2.24, 2.45) is 0 Å². The lowest BCUT2D eigenvalue weighted by molar-refractivity contribution is -0.120. The van der Waals surface area contributed by atoms with Crippen molar-refractivity contribution in [3.63, 3.8) is 0 Å². The summed E-state index contributed by atoms with van der Waals surface area (Å²) in [6.45, 7) is 0.356. The molecule has 1 aromatic rings. The van der Waals surface area contributed by atoms with Crippen LogP contribution < -0.4 is 21.1 Å². The molecule has 1 saturated carbocycles. The van der Waals surface area contributed by atoms with E-state index in [2.05, 4.69) is 15.4 Å². The van der Waals surface area contributed by atoms with Crippen molar-refractivity contribution in [3.8, 4) is 0 Å². The molecule has 1 amide bonds. The Hall–Kier alpha value is -1.80. The number of amides is 1. The maximum atomic E-state index is 11.9. The van der Waals surface area contributed by atoms with E-state index in [0.717, 1.165) is 12.8 Å². The molecule has 0 unspecified atom stereocenters. The number of sulfonamides is 1. The summed E-state index contributed by atoms with van der Waals surface area (Å²) >= 11 is 0. The van der Waals surface area contributed by atoms with Gasteiger partial charge in [0.05, 0.1) is 5.69 Å². The summed E-state index contributed by atoms with van der Waals surface area (Å²) in [5.74, 6) is -0.0292. The monoisotopic (exact) mass is 312 g/mol. The van der Waals surface area contributed by atoms with Gasteiger partial charge in [-0.15, -0.1) is 0 Å². The molecule has 0 aliphatic heterocycles. The van der Waals surface area contributed by atoms with E-state index in [4.69, 9.17) is 5.73 Å². The molecule has 21 heavy (non-hydrogen) atoms. The summed E-state index contributed by atoms with van der Waals surface area (Å²) in [7, 11) is -2.27. The molecule has 1 fully saturated rings. The summed E-state index contributed by atoms with van der Waals surface area (Å²) in [5, 5.41) is 5.85. The van der Waals surface area contributed by atoms with Gasteiger partial charge in [-0.25, -0.2) is 13.1 Å². The van der Waals surface area contributed by atoms with E-state index >= 15 is 0 Å². The molecule has 1 aromatic carbocycles. The summed E-state index contributed by atoms with van der Waals surface area (Å²) in [4.78, 5) is 11.7. The second-order valence-electron chi connectivity index (χ2n) is 4.98. The fourth-order valence-corrected chi connectivity index (χ4v) is 2.80. The van der Waals surface area contributed by atoms with Gasteiger partial charge in [-0.3, -0.25) is 4.79 Å². The van der Waals surface area contributed by atoms with Crippen LogP contribution in [0.25, 0.3) is 0 Å².